The van der Waals surface area contributed by atoms with E-state index < -0.39 is 6.04 Å². The Kier molecular flexibility index (Phi) is 10.3. The average Bonchev–Trinajstić information content (AvgIpc) is 2.97. The zero-order valence-corrected chi connectivity index (χ0v) is 23.3. The van der Waals surface area contributed by atoms with Crippen LogP contribution in [0.1, 0.15) is 68.5 Å². The molecule has 1 atom stereocenters. The van der Waals surface area contributed by atoms with Gasteiger partial charge in [-0.05, 0) is 68.1 Å². The average molecular weight is 543 g/mol. The van der Waals surface area contributed by atoms with Crippen molar-refractivity contribution in [3.8, 4) is 5.75 Å². The normalized spacial score (nSPS) is 14.2. The molecule has 1 fully saturated rings. The number of nitrogens with zero attached hydrogens (tertiary/aromatic N) is 2. The number of hydrogen-bond acceptors (Lipinski definition) is 5. The minimum atomic E-state index is -0.870. The number of methoxy groups -OCH3 is 1. The number of pyridine rings is 1. The van der Waals surface area contributed by atoms with Gasteiger partial charge < -0.3 is 15.4 Å². The fourth-order valence-electron chi connectivity index (χ4n) is 5.04. The SMILES string of the molecule is COc1ccc([C@@H](C(=O)NC2CCCCC2)N(C(=O)CCCC(=O)Nc2ccccn2)c2ccc(C)cc2)cc1. The molecule has 0 bridgehead atoms. The third-order valence-electron chi connectivity index (χ3n) is 7.20. The summed E-state index contributed by atoms with van der Waals surface area (Å²) in [5.41, 5.74) is 2.37. The van der Waals surface area contributed by atoms with Gasteiger partial charge in [0, 0.05) is 30.8 Å². The van der Waals surface area contributed by atoms with E-state index in [2.05, 4.69) is 15.6 Å². The first-order chi connectivity index (χ1) is 19.4. The summed E-state index contributed by atoms with van der Waals surface area (Å²) in [5, 5.41) is 5.98. The molecule has 8 nitrogen and oxygen atoms in total. The van der Waals surface area contributed by atoms with E-state index in [1.165, 1.54) is 6.42 Å². The zero-order chi connectivity index (χ0) is 28.3. The lowest BCUT2D eigenvalue weighted by Gasteiger charge is -2.33. The molecule has 4 rings (SSSR count). The summed E-state index contributed by atoms with van der Waals surface area (Å²) < 4.78 is 5.33. The van der Waals surface area contributed by atoms with E-state index in [4.69, 9.17) is 4.74 Å². The van der Waals surface area contributed by atoms with Crippen LogP contribution in [0.4, 0.5) is 11.5 Å². The molecule has 0 saturated heterocycles. The summed E-state index contributed by atoms with van der Waals surface area (Å²) in [6.45, 7) is 1.98. The Morgan fingerprint density at radius 2 is 1.68 bits per heavy atom. The van der Waals surface area contributed by atoms with Crippen LogP contribution in [-0.2, 0) is 14.4 Å². The summed E-state index contributed by atoms with van der Waals surface area (Å²) in [5.74, 6) is 0.490. The minimum absolute atomic E-state index is 0.0901. The molecule has 3 amide bonds. The smallest absolute Gasteiger partial charge is 0.248 e. The topological polar surface area (TPSA) is 101 Å². The molecule has 3 aromatic rings. The third kappa shape index (κ3) is 7.91. The quantitative estimate of drug-likeness (QED) is 0.322. The predicted molar refractivity (Wildman–Crippen MR) is 156 cm³/mol. The zero-order valence-electron chi connectivity index (χ0n) is 23.3. The lowest BCUT2D eigenvalue weighted by atomic mass is 9.94. The number of aromatic nitrogens is 1. The van der Waals surface area contributed by atoms with Gasteiger partial charge in [0.05, 0.1) is 7.11 Å². The molecule has 0 aliphatic heterocycles. The standard InChI is InChI=1S/C32H38N4O4/c1-23-14-18-26(19-15-23)36(30(38)13-8-12-29(37)35-28-11-6-7-22-33-28)31(24-16-20-27(40-2)21-17-24)32(39)34-25-9-4-3-5-10-25/h6-7,11,14-22,25,31H,3-5,8-10,12-13H2,1-2H3,(H,34,39)(H,33,35,37)/t31-/m0/s1. The molecular formula is C32H38N4O4. The Balaban J connectivity index is 1.58. The van der Waals surface area contributed by atoms with Gasteiger partial charge in [0.1, 0.15) is 17.6 Å². The lowest BCUT2D eigenvalue weighted by Crippen LogP contribution is -2.47. The number of ether oxygens (including phenoxy) is 1. The Hall–Kier alpha value is -4.20. The molecule has 0 radical (unpaired) electrons. The van der Waals surface area contributed by atoms with Crippen LogP contribution >= 0.6 is 0 Å². The maximum absolute atomic E-state index is 13.9. The van der Waals surface area contributed by atoms with Crippen molar-refractivity contribution in [3.05, 3.63) is 84.1 Å². The highest BCUT2D eigenvalue weighted by Crippen LogP contribution is 2.31. The van der Waals surface area contributed by atoms with Crippen molar-refractivity contribution in [3.63, 3.8) is 0 Å². The van der Waals surface area contributed by atoms with Crippen LogP contribution in [0.25, 0.3) is 0 Å². The molecule has 2 N–H and O–H groups in total. The second-order valence-corrected chi connectivity index (χ2v) is 10.2. The second kappa shape index (κ2) is 14.3. The number of nitrogens with one attached hydrogen (secondary N) is 2. The molecule has 1 aliphatic carbocycles. The van der Waals surface area contributed by atoms with Crippen molar-refractivity contribution >= 4 is 29.2 Å². The first-order valence-corrected chi connectivity index (χ1v) is 14.0. The second-order valence-electron chi connectivity index (χ2n) is 10.2. The van der Waals surface area contributed by atoms with Gasteiger partial charge in [0.25, 0.3) is 0 Å². The summed E-state index contributed by atoms with van der Waals surface area (Å²) in [6.07, 6.45) is 7.42. The molecule has 1 aliphatic rings. The van der Waals surface area contributed by atoms with Crippen LogP contribution < -0.4 is 20.3 Å². The molecule has 210 valence electrons. The first kappa shape index (κ1) is 28.8. The number of carbonyl (C=O) groups is 3. The lowest BCUT2D eigenvalue weighted by molar-refractivity contribution is -0.127. The molecule has 2 aromatic carbocycles. The van der Waals surface area contributed by atoms with Gasteiger partial charge in [-0.2, -0.15) is 0 Å². The summed E-state index contributed by atoms with van der Waals surface area (Å²) in [6, 6.07) is 19.4. The van der Waals surface area contributed by atoms with E-state index in [-0.39, 0.29) is 36.6 Å². The summed E-state index contributed by atoms with van der Waals surface area (Å²) in [4.78, 5) is 46.0. The molecule has 0 unspecified atom stereocenters. The van der Waals surface area contributed by atoms with Gasteiger partial charge >= 0.3 is 0 Å². The Bertz CT molecular complexity index is 1260. The van der Waals surface area contributed by atoms with Crippen molar-refractivity contribution in [2.24, 2.45) is 0 Å². The Labute approximate surface area is 236 Å². The maximum atomic E-state index is 13.9. The third-order valence-corrected chi connectivity index (χ3v) is 7.20. The molecule has 0 spiro atoms. The highest BCUT2D eigenvalue weighted by atomic mass is 16.5. The summed E-state index contributed by atoms with van der Waals surface area (Å²) >= 11 is 0. The maximum Gasteiger partial charge on any atom is 0.248 e. The number of benzene rings is 2. The molecule has 1 saturated carbocycles. The number of aryl methyl sites for hydroxylation is 1. The molecular weight excluding hydrogens is 504 g/mol. The van der Waals surface area contributed by atoms with E-state index in [1.54, 1.807) is 48.5 Å². The number of amides is 3. The van der Waals surface area contributed by atoms with Crippen LogP contribution in [-0.4, -0.2) is 35.9 Å². The van der Waals surface area contributed by atoms with Gasteiger partial charge in [-0.25, -0.2) is 4.98 Å². The van der Waals surface area contributed by atoms with Crippen LogP contribution in [0.5, 0.6) is 5.75 Å². The molecule has 1 aromatic heterocycles. The first-order valence-electron chi connectivity index (χ1n) is 14.0. The van der Waals surface area contributed by atoms with E-state index in [1.807, 2.05) is 43.3 Å². The van der Waals surface area contributed by atoms with E-state index in [9.17, 15) is 14.4 Å². The van der Waals surface area contributed by atoms with E-state index in [0.29, 0.717) is 29.2 Å². The summed E-state index contributed by atoms with van der Waals surface area (Å²) in [7, 11) is 1.59. The van der Waals surface area contributed by atoms with Gasteiger partial charge in [-0.15, -0.1) is 0 Å². The Morgan fingerprint density at radius 3 is 2.33 bits per heavy atom. The van der Waals surface area contributed by atoms with E-state index >= 15 is 0 Å². The van der Waals surface area contributed by atoms with Crippen LogP contribution in [0.15, 0.2) is 72.9 Å². The molecule has 40 heavy (non-hydrogen) atoms. The van der Waals surface area contributed by atoms with Gasteiger partial charge in [0.2, 0.25) is 17.7 Å². The van der Waals surface area contributed by atoms with Crippen molar-refractivity contribution < 1.29 is 19.1 Å². The number of hydrogen-bond donors (Lipinski definition) is 2. The van der Waals surface area contributed by atoms with Crippen molar-refractivity contribution in [1.82, 2.24) is 10.3 Å². The minimum Gasteiger partial charge on any atom is -0.497 e. The van der Waals surface area contributed by atoms with Gasteiger partial charge in [-0.3, -0.25) is 19.3 Å². The van der Waals surface area contributed by atoms with Crippen LogP contribution in [0, 0.1) is 6.92 Å². The van der Waals surface area contributed by atoms with Gasteiger partial charge in [0.15, 0.2) is 0 Å². The highest BCUT2D eigenvalue weighted by Gasteiger charge is 2.34. The van der Waals surface area contributed by atoms with Crippen LogP contribution in [0.3, 0.4) is 0 Å². The predicted octanol–water partition coefficient (Wildman–Crippen LogP) is 5.73. The fraction of sp³-hybridized carbons (Fsp3) is 0.375. The highest BCUT2D eigenvalue weighted by molar-refractivity contribution is 6.01. The van der Waals surface area contributed by atoms with Crippen molar-refractivity contribution in [1.29, 1.82) is 0 Å². The number of carbonyl (C=O) groups excluding carboxylic acids is 3. The number of rotatable bonds is 11. The van der Waals surface area contributed by atoms with Crippen LogP contribution in [0.2, 0.25) is 0 Å². The fourth-order valence-corrected chi connectivity index (χ4v) is 5.04. The number of anilines is 2. The monoisotopic (exact) mass is 542 g/mol. The van der Waals surface area contributed by atoms with Gasteiger partial charge in [-0.1, -0.05) is 55.2 Å². The molecule has 8 heteroatoms. The van der Waals surface area contributed by atoms with Crippen molar-refractivity contribution in [2.75, 3.05) is 17.3 Å². The van der Waals surface area contributed by atoms with E-state index in [0.717, 1.165) is 31.2 Å². The molecule has 1 heterocycles. The Morgan fingerprint density at radius 1 is 0.950 bits per heavy atom. The van der Waals surface area contributed by atoms with Crippen molar-refractivity contribution in [2.45, 2.75) is 70.4 Å². The largest absolute Gasteiger partial charge is 0.497 e.